The molecule has 0 heterocycles. The number of hydrogen-bond acceptors (Lipinski definition) is 3. The third kappa shape index (κ3) is 8.13. The molecule has 0 aliphatic heterocycles. The van der Waals surface area contributed by atoms with Gasteiger partial charge in [0.05, 0.1) is 7.11 Å². The maximum atomic E-state index is 13.8. The highest BCUT2D eigenvalue weighted by molar-refractivity contribution is 6.31. The van der Waals surface area contributed by atoms with Crippen LogP contribution in [0.25, 0.3) is 0 Å². The van der Waals surface area contributed by atoms with Crippen LogP contribution in [-0.4, -0.2) is 35.4 Å². The Morgan fingerprint density at radius 3 is 2.28 bits per heavy atom. The lowest BCUT2D eigenvalue weighted by molar-refractivity contribution is -0.141. The maximum Gasteiger partial charge on any atom is 0.243 e. The lowest BCUT2D eigenvalue weighted by Gasteiger charge is -2.34. The first-order valence-corrected chi connectivity index (χ1v) is 12.6. The summed E-state index contributed by atoms with van der Waals surface area (Å²) < 4.78 is 5.39. The zero-order valence-corrected chi connectivity index (χ0v) is 22.2. The zero-order valence-electron chi connectivity index (χ0n) is 21.5. The zero-order chi connectivity index (χ0) is 26.1. The molecule has 190 valence electrons. The molecular formula is C30H35ClN2O3. The van der Waals surface area contributed by atoms with Crippen LogP contribution in [0.15, 0.2) is 78.9 Å². The van der Waals surface area contributed by atoms with E-state index in [0.717, 1.165) is 16.7 Å². The number of methoxy groups -OCH3 is 1. The Bertz CT molecular complexity index is 1160. The van der Waals surface area contributed by atoms with Crippen LogP contribution in [0.2, 0.25) is 5.02 Å². The van der Waals surface area contributed by atoms with Gasteiger partial charge in [-0.1, -0.05) is 72.3 Å². The van der Waals surface area contributed by atoms with Crippen LogP contribution in [0.5, 0.6) is 5.75 Å². The smallest absolute Gasteiger partial charge is 0.243 e. The van der Waals surface area contributed by atoms with Crippen LogP contribution < -0.4 is 10.1 Å². The van der Waals surface area contributed by atoms with Gasteiger partial charge in [-0.05, 0) is 62.1 Å². The Morgan fingerprint density at radius 1 is 0.944 bits per heavy atom. The molecule has 3 aromatic rings. The van der Waals surface area contributed by atoms with E-state index in [0.29, 0.717) is 23.6 Å². The van der Waals surface area contributed by atoms with Gasteiger partial charge in [0.1, 0.15) is 11.8 Å². The van der Waals surface area contributed by atoms with Gasteiger partial charge >= 0.3 is 0 Å². The molecule has 1 N–H and O–H groups in total. The Morgan fingerprint density at radius 2 is 1.61 bits per heavy atom. The monoisotopic (exact) mass is 506 g/mol. The van der Waals surface area contributed by atoms with Gasteiger partial charge in [-0.2, -0.15) is 0 Å². The fraction of sp³-hybridized carbons (Fsp3) is 0.333. The van der Waals surface area contributed by atoms with Crippen LogP contribution in [-0.2, 0) is 29.0 Å². The molecule has 0 unspecified atom stereocenters. The van der Waals surface area contributed by atoms with E-state index in [1.165, 1.54) is 0 Å². The third-order valence-electron chi connectivity index (χ3n) is 5.82. The predicted molar refractivity (Wildman–Crippen MR) is 145 cm³/mol. The van der Waals surface area contributed by atoms with Gasteiger partial charge in [-0.15, -0.1) is 0 Å². The van der Waals surface area contributed by atoms with Crippen LogP contribution in [0, 0.1) is 0 Å². The predicted octanol–water partition coefficient (Wildman–Crippen LogP) is 5.84. The number of amides is 2. The number of carbonyl (C=O) groups excluding carboxylic acids is 2. The minimum atomic E-state index is -0.684. The summed E-state index contributed by atoms with van der Waals surface area (Å²) in [5.74, 6) is 0.415. The van der Waals surface area contributed by atoms with Crippen LogP contribution >= 0.6 is 11.6 Å². The fourth-order valence-corrected chi connectivity index (χ4v) is 4.29. The normalized spacial score (nSPS) is 12.0. The molecule has 0 aromatic heterocycles. The van der Waals surface area contributed by atoms with Gasteiger partial charge in [0.2, 0.25) is 11.8 Å². The van der Waals surface area contributed by atoms with Gasteiger partial charge in [0, 0.05) is 29.9 Å². The minimum Gasteiger partial charge on any atom is -0.497 e. The number of nitrogens with one attached hydrogen (secondary N) is 1. The Balaban J connectivity index is 1.95. The molecule has 0 spiro atoms. The van der Waals surface area contributed by atoms with Crippen molar-refractivity contribution in [2.75, 3.05) is 7.11 Å². The summed E-state index contributed by atoms with van der Waals surface area (Å²) in [6.45, 7) is 6.11. The van der Waals surface area contributed by atoms with Crippen molar-refractivity contribution in [3.8, 4) is 5.75 Å². The molecule has 6 heteroatoms. The van der Waals surface area contributed by atoms with Crippen molar-refractivity contribution in [3.05, 3.63) is 101 Å². The number of hydrogen-bond donors (Lipinski definition) is 1. The van der Waals surface area contributed by atoms with Crippen LogP contribution in [0.4, 0.5) is 0 Å². The average molecular weight is 507 g/mol. The first kappa shape index (κ1) is 27.3. The van der Waals surface area contributed by atoms with E-state index in [2.05, 4.69) is 5.32 Å². The molecule has 3 rings (SSSR count). The number of carbonyl (C=O) groups is 2. The molecular weight excluding hydrogens is 472 g/mol. The topological polar surface area (TPSA) is 58.6 Å². The molecule has 0 saturated carbocycles. The van der Waals surface area contributed by atoms with E-state index in [1.54, 1.807) is 12.0 Å². The van der Waals surface area contributed by atoms with Crippen molar-refractivity contribution in [2.45, 2.75) is 58.2 Å². The Hall–Kier alpha value is -3.31. The molecule has 5 nitrogen and oxygen atoms in total. The lowest BCUT2D eigenvalue weighted by Crippen LogP contribution is -2.54. The van der Waals surface area contributed by atoms with E-state index in [9.17, 15) is 9.59 Å². The highest BCUT2D eigenvalue weighted by atomic mass is 35.5. The summed E-state index contributed by atoms with van der Waals surface area (Å²) in [4.78, 5) is 29.1. The SMILES string of the molecule is COc1cccc(CN(C(=O)CCc2ccccc2Cl)[C@H](Cc2ccccc2)C(=O)NC(C)(C)C)c1. The summed E-state index contributed by atoms with van der Waals surface area (Å²) in [5.41, 5.74) is 2.35. The number of benzene rings is 3. The Labute approximate surface area is 219 Å². The van der Waals surface area contributed by atoms with Crippen molar-refractivity contribution < 1.29 is 14.3 Å². The first-order valence-electron chi connectivity index (χ1n) is 12.2. The molecule has 0 bridgehead atoms. The standard InChI is InChI=1S/C30H35ClN2O3/c1-30(2,3)32-29(35)27(20-22-11-6-5-7-12-22)33(21-23-13-10-15-25(19-23)36-4)28(34)18-17-24-14-8-9-16-26(24)31/h5-16,19,27H,17-18,20-21H2,1-4H3,(H,32,35)/t27-/m1/s1. The fourth-order valence-electron chi connectivity index (χ4n) is 4.06. The van der Waals surface area contributed by atoms with Crippen molar-refractivity contribution in [1.29, 1.82) is 0 Å². The van der Waals surface area contributed by atoms with Crippen molar-refractivity contribution in [2.24, 2.45) is 0 Å². The second kappa shape index (κ2) is 12.6. The Kier molecular flexibility index (Phi) is 9.54. The quantitative estimate of drug-likeness (QED) is 0.376. The minimum absolute atomic E-state index is 0.109. The molecule has 3 aromatic carbocycles. The molecule has 2 amide bonds. The van der Waals surface area contributed by atoms with Crippen molar-refractivity contribution in [1.82, 2.24) is 10.2 Å². The molecule has 36 heavy (non-hydrogen) atoms. The summed E-state index contributed by atoms with van der Waals surface area (Å²) >= 11 is 6.34. The summed E-state index contributed by atoms with van der Waals surface area (Å²) in [6, 6.07) is 24.2. The van der Waals surface area contributed by atoms with Crippen LogP contribution in [0.3, 0.4) is 0 Å². The largest absolute Gasteiger partial charge is 0.497 e. The van der Waals surface area contributed by atoms with Gasteiger partial charge in [-0.25, -0.2) is 0 Å². The lowest BCUT2D eigenvalue weighted by atomic mass is 9.99. The number of ether oxygens (including phenoxy) is 1. The van der Waals surface area contributed by atoms with E-state index >= 15 is 0 Å². The number of rotatable bonds is 10. The van der Waals surface area contributed by atoms with E-state index in [-0.39, 0.29) is 24.8 Å². The van der Waals surface area contributed by atoms with E-state index < -0.39 is 11.6 Å². The number of halogens is 1. The molecule has 0 aliphatic carbocycles. The first-order chi connectivity index (χ1) is 17.2. The van der Waals surface area contributed by atoms with Crippen LogP contribution in [0.1, 0.15) is 43.9 Å². The van der Waals surface area contributed by atoms with Crippen molar-refractivity contribution >= 4 is 23.4 Å². The van der Waals surface area contributed by atoms with Crippen molar-refractivity contribution in [3.63, 3.8) is 0 Å². The number of nitrogens with zero attached hydrogens (tertiary/aromatic N) is 1. The highest BCUT2D eigenvalue weighted by Crippen LogP contribution is 2.22. The second-order valence-electron chi connectivity index (χ2n) is 9.91. The maximum absolute atomic E-state index is 13.8. The third-order valence-corrected chi connectivity index (χ3v) is 6.19. The van der Waals surface area contributed by atoms with Gasteiger partial charge < -0.3 is 15.0 Å². The average Bonchev–Trinajstić information content (AvgIpc) is 2.85. The molecule has 0 saturated heterocycles. The van der Waals surface area contributed by atoms with Gasteiger partial charge in [-0.3, -0.25) is 9.59 Å². The van der Waals surface area contributed by atoms with Gasteiger partial charge in [0.25, 0.3) is 0 Å². The highest BCUT2D eigenvalue weighted by Gasteiger charge is 2.32. The molecule has 0 fully saturated rings. The molecule has 0 aliphatic rings. The number of aryl methyl sites for hydroxylation is 1. The van der Waals surface area contributed by atoms with E-state index in [1.807, 2.05) is 99.6 Å². The molecule has 1 atom stereocenters. The molecule has 0 radical (unpaired) electrons. The summed E-state index contributed by atoms with van der Waals surface area (Å²) in [7, 11) is 1.61. The van der Waals surface area contributed by atoms with E-state index in [4.69, 9.17) is 16.3 Å². The second-order valence-corrected chi connectivity index (χ2v) is 10.3. The van der Waals surface area contributed by atoms with Gasteiger partial charge in [0.15, 0.2) is 0 Å². The summed E-state index contributed by atoms with van der Waals surface area (Å²) in [6.07, 6.45) is 1.14. The summed E-state index contributed by atoms with van der Waals surface area (Å²) in [5, 5.41) is 3.72.